The highest BCUT2D eigenvalue weighted by atomic mass is 79.9. The van der Waals surface area contributed by atoms with Gasteiger partial charge >= 0.3 is 67.8 Å². The molecule has 0 aliphatic carbocycles. The number of sulfonamides is 1. The molecule has 584 valence electrons. The summed E-state index contributed by atoms with van der Waals surface area (Å²) in [4.78, 5) is 40.3. The summed E-state index contributed by atoms with van der Waals surface area (Å²) >= 11 is 0.382. The standard InChI is InChI=1S/C9H11N3.C9H13N.C9H10O2.C8H9Br.C8H8N4O2.C8H9N3.C7H8N4.C7H9NO.CF3N3O2S.4O2S/c1-8-2-4-9(5-3-8)6-7-11-12-10;1-8-2-4-9(5-3-8)6-7-10;1-7-2-4-8(5-3-7)6-9(10)11;1-7-2-4-8(6-9)5-3-7;9-11-10-6-5-7-1-3-8(4-2-7)12(13)14;1-7-2-4-8(5-3-7)6-10-11-9;8-11-10-6-4-7-3-1-2-5-9-7;9-6-4-7-3-1-2-5-8-7;2-1(3,4)10(8,9)7-6-5;4*1-3-2/h2-5H,6-7H2,1H3;2-5H,6-7,10H2,1H3;2-5H,6H2,1H3,(H,10,11);2-5H,6H2,1H3;1-4H,5-6H2;2-5H,6H2,1H3;1-3,5H,4,6H2;1-3,5,9H,4,6H2;;;;;. The second kappa shape index (κ2) is 73.4. The first-order valence-electron chi connectivity index (χ1n) is 30.5. The fourth-order valence-corrected chi connectivity index (χ4v) is 7.35. The van der Waals surface area contributed by atoms with E-state index in [1.807, 2.05) is 98.8 Å². The van der Waals surface area contributed by atoms with Crippen LogP contribution in [-0.4, -0.2) is 111 Å². The predicted octanol–water partition coefficient (Wildman–Crippen LogP) is 15.1. The Bertz CT molecular complexity index is 4210. The number of hydrogen-bond acceptors (Lipinski definition) is 21. The first-order valence-corrected chi connectivity index (χ1v) is 35.8. The lowest BCUT2D eigenvalue weighted by Gasteiger charge is -1.98. The summed E-state index contributed by atoms with van der Waals surface area (Å²) in [6, 6.07) is 58.2. The molecule has 0 atom stereocenters. The van der Waals surface area contributed by atoms with E-state index in [0.29, 0.717) is 45.4 Å². The molecule has 0 saturated carbocycles. The van der Waals surface area contributed by atoms with Crippen molar-refractivity contribution in [2.24, 2.45) is 30.7 Å². The minimum Gasteiger partial charge on any atom is -0.481 e. The van der Waals surface area contributed by atoms with Gasteiger partial charge in [0.15, 0.2) is 0 Å². The zero-order valence-corrected chi connectivity index (χ0v) is 64.7. The molecular formula is C66H77BrF3N19O15S5. The van der Waals surface area contributed by atoms with Crippen LogP contribution >= 0.6 is 15.9 Å². The van der Waals surface area contributed by atoms with E-state index in [4.69, 9.17) is 77.3 Å². The van der Waals surface area contributed by atoms with Crippen LogP contribution in [0.15, 0.2) is 219 Å². The summed E-state index contributed by atoms with van der Waals surface area (Å²) in [5, 5.41) is 41.9. The number of aromatic nitrogens is 2. The molecule has 2 heterocycles. The Kier molecular flexibility index (Phi) is 71.4. The number of nitrogens with two attached hydrogens (primary N) is 1. The highest BCUT2D eigenvalue weighted by Gasteiger charge is 2.45. The quantitative estimate of drug-likeness (QED) is 0.0159. The van der Waals surface area contributed by atoms with Crippen LogP contribution in [-0.2, 0) is 112 Å². The van der Waals surface area contributed by atoms with Gasteiger partial charge in [-0.3, -0.25) is 24.9 Å². The number of hydrogen-bond donors (Lipinski definition) is 3. The van der Waals surface area contributed by atoms with Crippen molar-refractivity contribution in [1.29, 1.82) is 0 Å². The summed E-state index contributed by atoms with van der Waals surface area (Å²) < 4.78 is 121. The number of carbonyl (C=O) groups is 1. The molecule has 43 heteroatoms. The first-order chi connectivity index (χ1) is 52.1. The van der Waals surface area contributed by atoms with Crippen molar-refractivity contribution >= 4 is 83.9 Å². The molecule has 4 N–H and O–H groups in total. The number of aliphatic hydroxyl groups is 1. The molecular weight excluding hydrogens is 1600 g/mol. The van der Waals surface area contributed by atoms with Crippen molar-refractivity contribution in [3.05, 3.63) is 329 Å². The Labute approximate surface area is 648 Å². The fraction of sp³-hybridized carbons (Fsp3) is 0.288. The van der Waals surface area contributed by atoms with Crippen molar-refractivity contribution in [2.45, 2.75) is 90.5 Å². The molecule has 8 aromatic rings. The topological polar surface area (TPSA) is 567 Å². The number of pyridine rings is 2. The minimum atomic E-state index is -5.64. The number of non-ortho nitro benzene ring substituents is 1. The van der Waals surface area contributed by atoms with Gasteiger partial charge in [0.1, 0.15) is 0 Å². The lowest BCUT2D eigenvalue weighted by atomic mass is 10.1. The van der Waals surface area contributed by atoms with Gasteiger partial charge < -0.3 is 15.9 Å². The smallest absolute Gasteiger partial charge is 0.481 e. The van der Waals surface area contributed by atoms with Gasteiger partial charge in [-0.05, 0) is 152 Å². The molecule has 0 saturated heterocycles. The molecule has 0 fully saturated rings. The predicted molar refractivity (Wildman–Crippen MR) is 411 cm³/mol. The Morgan fingerprint density at radius 3 is 1.08 bits per heavy atom. The third-order valence-electron chi connectivity index (χ3n) is 11.9. The third-order valence-corrected chi connectivity index (χ3v) is 13.4. The van der Waals surface area contributed by atoms with Crippen LogP contribution in [0.25, 0.3) is 52.2 Å². The number of azide groups is 5. The van der Waals surface area contributed by atoms with Crippen molar-refractivity contribution in [3.8, 4) is 0 Å². The number of aliphatic hydroxyl groups excluding tert-OH is 1. The molecule has 2 aromatic heterocycles. The SMILES string of the molecule is Cc1ccc(CBr)cc1.Cc1ccc(CC(=O)O)cc1.Cc1ccc(CCN)cc1.Cc1ccc(CCN=[N+]=[N-])cc1.Cc1ccc(CN=[N+]=[N-])cc1.O=S=O.O=S=O.O=S=O.O=S=O.OCCc1ccccn1.[N-]=[N+]=NCCc1ccc([N+](=O)[O-])cc1.[N-]=[N+]=NCCc1ccccn1.[N-]=[N+]=NS(=O)(=O)C(F)(F)F. The molecule has 34 nitrogen and oxygen atoms in total. The van der Waals surface area contributed by atoms with Gasteiger partial charge in [0, 0.05) is 103 Å². The number of rotatable bonds is 20. The van der Waals surface area contributed by atoms with Crippen LogP contribution in [0.2, 0.25) is 0 Å². The number of carboxylic acids is 1. The summed E-state index contributed by atoms with van der Waals surface area (Å²) in [6.07, 6.45) is 7.34. The monoisotopic (exact) mass is 1670 g/mol. The molecule has 0 aliphatic rings. The highest BCUT2D eigenvalue weighted by molar-refractivity contribution is 9.08. The summed E-state index contributed by atoms with van der Waals surface area (Å²) in [5.74, 6) is -0.783. The average Bonchev–Trinajstić information content (AvgIpc) is 0.847. The van der Waals surface area contributed by atoms with E-state index in [9.17, 15) is 36.5 Å². The van der Waals surface area contributed by atoms with Gasteiger partial charge in [-0.25, -0.2) is 8.42 Å². The summed E-state index contributed by atoms with van der Waals surface area (Å²) in [7, 11) is -5.64. The number of alkyl halides is 4. The van der Waals surface area contributed by atoms with Gasteiger partial charge in [-0.1, -0.05) is 210 Å². The molecule has 0 radical (unpaired) electrons. The maximum atomic E-state index is 11.2. The van der Waals surface area contributed by atoms with E-state index in [1.165, 1.54) is 56.0 Å². The zero-order valence-electron chi connectivity index (χ0n) is 59.0. The Balaban J connectivity index is -0.000000366. The number of carboxylic acid groups (broad SMARTS) is 1. The summed E-state index contributed by atoms with van der Waals surface area (Å²) in [6.45, 7) is 13.0. The maximum absolute atomic E-state index is 11.2. The van der Waals surface area contributed by atoms with Gasteiger partial charge in [0.05, 0.1) is 17.9 Å². The normalized spacial score (nSPS) is 8.94. The average molecular weight is 1670 g/mol. The van der Waals surface area contributed by atoms with Crippen LogP contribution in [0.1, 0.15) is 72.6 Å². The summed E-state index contributed by atoms with van der Waals surface area (Å²) in [5.41, 5.74) is 54.3. The molecule has 6 aromatic carbocycles. The van der Waals surface area contributed by atoms with Crippen molar-refractivity contribution in [2.75, 3.05) is 32.8 Å². The lowest BCUT2D eigenvalue weighted by molar-refractivity contribution is -0.384. The fourth-order valence-electron chi connectivity index (χ4n) is 6.78. The molecule has 0 bridgehead atoms. The number of benzene rings is 6. The van der Waals surface area contributed by atoms with E-state index >= 15 is 0 Å². The van der Waals surface area contributed by atoms with Crippen LogP contribution in [0.4, 0.5) is 18.9 Å². The second-order valence-electron chi connectivity index (χ2n) is 20.1. The minimum absolute atomic E-state index is 0.0672. The molecule has 8 rings (SSSR count). The van der Waals surface area contributed by atoms with Crippen molar-refractivity contribution in [3.63, 3.8) is 0 Å². The lowest BCUT2D eigenvalue weighted by Crippen LogP contribution is -2.19. The van der Waals surface area contributed by atoms with Crippen molar-refractivity contribution < 1.29 is 75.2 Å². The number of nitro groups is 1. The van der Waals surface area contributed by atoms with Crippen LogP contribution in [0.3, 0.4) is 0 Å². The maximum Gasteiger partial charge on any atom is 0.504 e. The largest absolute Gasteiger partial charge is 0.504 e. The van der Waals surface area contributed by atoms with Gasteiger partial charge in [-0.2, -0.15) is 46.8 Å². The van der Waals surface area contributed by atoms with Gasteiger partial charge in [0.2, 0.25) is 0 Å². The zero-order chi connectivity index (χ0) is 83.4. The molecule has 0 spiro atoms. The van der Waals surface area contributed by atoms with Crippen LogP contribution in [0, 0.1) is 44.7 Å². The number of aryl methyl sites for hydroxylation is 5. The number of nitrogens with zero attached hydrogens (tertiary/aromatic N) is 18. The molecule has 0 unspecified atom stereocenters. The van der Waals surface area contributed by atoms with E-state index in [2.05, 4.69) is 160 Å². The van der Waals surface area contributed by atoms with Crippen LogP contribution < -0.4 is 5.73 Å². The van der Waals surface area contributed by atoms with Crippen LogP contribution in [0.5, 0.6) is 0 Å². The molecule has 109 heavy (non-hydrogen) atoms. The first kappa shape index (κ1) is 106. The highest BCUT2D eigenvalue weighted by Crippen LogP contribution is 2.24. The van der Waals surface area contributed by atoms with Crippen molar-refractivity contribution in [1.82, 2.24) is 9.97 Å². The van der Waals surface area contributed by atoms with E-state index in [1.54, 1.807) is 29.0 Å². The van der Waals surface area contributed by atoms with E-state index < -0.39 is 72.7 Å². The Morgan fingerprint density at radius 1 is 0.495 bits per heavy atom. The third kappa shape index (κ3) is 68.1. The van der Waals surface area contributed by atoms with Gasteiger partial charge in [0.25, 0.3) is 5.69 Å². The second-order valence-corrected chi connectivity index (χ2v) is 22.8. The molecule has 0 amide bonds. The Morgan fingerprint density at radius 2 is 0.807 bits per heavy atom. The van der Waals surface area contributed by atoms with Gasteiger partial charge in [-0.15, -0.1) is 0 Å². The number of halogens is 4. The van der Waals surface area contributed by atoms with E-state index in [0.717, 1.165) is 58.4 Å². The molecule has 0 aliphatic heterocycles. The Hall–Kier alpha value is -11.5. The number of aliphatic carboxylic acids is 1. The van der Waals surface area contributed by atoms with E-state index in [-0.39, 0.29) is 18.7 Å². The number of nitro benzene ring substituents is 1.